The number of morpholine rings is 1. The van der Waals surface area contributed by atoms with Crippen molar-refractivity contribution in [1.29, 1.82) is 0 Å². The summed E-state index contributed by atoms with van der Waals surface area (Å²) in [5.74, 6) is 0.944. The molecule has 1 fully saturated rings. The van der Waals surface area contributed by atoms with Gasteiger partial charge in [-0.3, -0.25) is 0 Å². The number of nitrogens with zero attached hydrogens (tertiary/aromatic N) is 2. The smallest absolute Gasteiger partial charge is 0.136 e. The van der Waals surface area contributed by atoms with Crippen molar-refractivity contribution >= 4 is 0 Å². The Morgan fingerprint density at radius 1 is 1.69 bits per heavy atom. The minimum atomic E-state index is 0.0918. The largest absolute Gasteiger partial charge is 0.368 e. The number of hydrogen-bond acceptors (Lipinski definition) is 4. The summed E-state index contributed by atoms with van der Waals surface area (Å²) in [4.78, 5) is 9.96. The third-order valence-corrected chi connectivity index (χ3v) is 2.79. The fourth-order valence-electron chi connectivity index (χ4n) is 1.83. The Morgan fingerprint density at radius 2 is 2.56 bits per heavy atom. The minimum Gasteiger partial charge on any atom is -0.368 e. The number of likely N-dealkylation sites (N-methyl/N-ethyl adjacent to an activating group) is 1. The second kappa shape index (κ2) is 5.43. The minimum absolute atomic E-state index is 0.0918. The molecule has 0 spiro atoms. The number of aromatic nitrogens is 2. The van der Waals surface area contributed by atoms with Crippen LogP contribution in [0.1, 0.15) is 24.5 Å². The van der Waals surface area contributed by atoms with Crippen molar-refractivity contribution in [2.24, 2.45) is 0 Å². The van der Waals surface area contributed by atoms with Gasteiger partial charge in [0.2, 0.25) is 0 Å². The molecule has 0 aliphatic carbocycles. The summed E-state index contributed by atoms with van der Waals surface area (Å²) in [6, 6.07) is 0. The van der Waals surface area contributed by atoms with Crippen molar-refractivity contribution in [3.63, 3.8) is 0 Å². The van der Waals surface area contributed by atoms with Crippen LogP contribution in [0.5, 0.6) is 0 Å². The molecule has 1 aromatic heterocycles. The van der Waals surface area contributed by atoms with E-state index in [0.29, 0.717) is 0 Å². The molecule has 0 bridgehead atoms. The van der Waals surface area contributed by atoms with Crippen LogP contribution in [-0.4, -0.2) is 48.2 Å². The number of nitrogens with one attached hydrogen (secondary N) is 2. The lowest BCUT2D eigenvalue weighted by Gasteiger charge is -2.28. The highest BCUT2D eigenvalue weighted by Crippen LogP contribution is 2.18. The van der Waals surface area contributed by atoms with Gasteiger partial charge in [-0.15, -0.1) is 0 Å². The molecule has 1 atom stereocenters. The number of rotatable bonds is 4. The van der Waals surface area contributed by atoms with Crippen molar-refractivity contribution in [2.45, 2.75) is 19.6 Å². The van der Waals surface area contributed by atoms with Gasteiger partial charge in [0, 0.05) is 31.5 Å². The first-order valence-corrected chi connectivity index (χ1v) is 5.84. The first kappa shape index (κ1) is 11.6. The van der Waals surface area contributed by atoms with Crippen LogP contribution in [0.4, 0.5) is 0 Å². The van der Waals surface area contributed by atoms with E-state index >= 15 is 0 Å². The van der Waals surface area contributed by atoms with Crippen molar-refractivity contribution in [1.82, 2.24) is 20.2 Å². The lowest BCUT2D eigenvalue weighted by Crippen LogP contribution is -2.35. The third kappa shape index (κ3) is 2.81. The molecule has 0 amide bonds. The zero-order valence-corrected chi connectivity index (χ0v) is 9.99. The number of aromatic amines is 1. The quantitative estimate of drug-likeness (QED) is 0.783. The summed E-state index contributed by atoms with van der Waals surface area (Å²) < 4.78 is 5.70. The molecule has 2 N–H and O–H groups in total. The Balaban J connectivity index is 1.95. The Morgan fingerprint density at radius 3 is 3.31 bits per heavy atom. The van der Waals surface area contributed by atoms with Crippen molar-refractivity contribution in [3.8, 4) is 0 Å². The van der Waals surface area contributed by atoms with Crippen molar-refractivity contribution in [2.75, 3.05) is 33.3 Å². The molecule has 0 aromatic carbocycles. The molecule has 16 heavy (non-hydrogen) atoms. The van der Waals surface area contributed by atoms with E-state index in [9.17, 15) is 0 Å². The molecule has 1 aliphatic heterocycles. The zero-order valence-electron chi connectivity index (χ0n) is 9.99. The average molecular weight is 224 g/mol. The van der Waals surface area contributed by atoms with Gasteiger partial charge in [-0.2, -0.15) is 0 Å². The average Bonchev–Trinajstić information content (AvgIpc) is 2.75. The number of ether oxygens (including phenoxy) is 1. The van der Waals surface area contributed by atoms with E-state index in [2.05, 4.69) is 34.2 Å². The molecule has 1 unspecified atom stereocenters. The van der Waals surface area contributed by atoms with Crippen LogP contribution in [0.3, 0.4) is 0 Å². The molecule has 1 aliphatic rings. The van der Waals surface area contributed by atoms with Gasteiger partial charge in [-0.1, -0.05) is 6.92 Å². The highest BCUT2D eigenvalue weighted by Gasteiger charge is 2.21. The van der Waals surface area contributed by atoms with Crippen LogP contribution < -0.4 is 5.32 Å². The maximum Gasteiger partial charge on any atom is 0.136 e. The molecule has 2 heterocycles. The van der Waals surface area contributed by atoms with Gasteiger partial charge in [-0.25, -0.2) is 4.98 Å². The van der Waals surface area contributed by atoms with Crippen LogP contribution in [0.2, 0.25) is 0 Å². The number of imidazole rings is 1. The molecular weight excluding hydrogens is 204 g/mol. The van der Waals surface area contributed by atoms with Crippen LogP contribution in [0.25, 0.3) is 0 Å². The second-order valence-corrected chi connectivity index (χ2v) is 4.20. The van der Waals surface area contributed by atoms with E-state index in [1.807, 2.05) is 6.20 Å². The highest BCUT2D eigenvalue weighted by molar-refractivity contribution is 5.04. The molecule has 5 nitrogen and oxygen atoms in total. The van der Waals surface area contributed by atoms with Gasteiger partial charge >= 0.3 is 0 Å². The van der Waals surface area contributed by atoms with E-state index < -0.39 is 0 Å². The zero-order chi connectivity index (χ0) is 11.4. The molecule has 1 saturated heterocycles. The fourth-order valence-corrected chi connectivity index (χ4v) is 1.83. The lowest BCUT2D eigenvalue weighted by atomic mass is 10.3. The molecule has 2 rings (SSSR count). The summed E-state index contributed by atoms with van der Waals surface area (Å²) in [5, 5.41) is 3.27. The van der Waals surface area contributed by atoms with Crippen LogP contribution >= 0.6 is 0 Å². The Hall–Kier alpha value is -0.910. The van der Waals surface area contributed by atoms with E-state index in [0.717, 1.165) is 44.3 Å². The predicted molar refractivity (Wildman–Crippen MR) is 62.2 cm³/mol. The summed E-state index contributed by atoms with van der Waals surface area (Å²) in [6.45, 7) is 6.60. The molecule has 0 radical (unpaired) electrons. The molecule has 1 aromatic rings. The summed E-state index contributed by atoms with van der Waals surface area (Å²) >= 11 is 0. The lowest BCUT2D eigenvalue weighted by molar-refractivity contribution is -0.0251. The maximum atomic E-state index is 5.70. The Kier molecular flexibility index (Phi) is 3.93. The summed E-state index contributed by atoms with van der Waals surface area (Å²) in [7, 11) is 2.11. The topological polar surface area (TPSA) is 53.2 Å². The van der Waals surface area contributed by atoms with Crippen molar-refractivity contribution in [3.05, 3.63) is 17.7 Å². The van der Waals surface area contributed by atoms with Gasteiger partial charge in [-0.05, 0) is 13.6 Å². The first-order chi connectivity index (χ1) is 7.79. The van der Waals surface area contributed by atoms with E-state index in [1.165, 1.54) is 0 Å². The van der Waals surface area contributed by atoms with Gasteiger partial charge in [0.05, 0.1) is 6.61 Å². The molecule has 0 saturated carbocycles. The van der Waals surface area contributed by atoms with Gasteiger partial charge in [0.15, 0.2) is 0 Å². The monoisotopic (exact) mass is 224 g/mol. The second-order valence-electron chi connectivity index (χ2n) is 4.20. The molecule has 90 valence electrons. The maximum absolute atomic E-state index is 5.70. The fraction of sp³-hybridized carbons (Fsp3) is 0.727. The van der Waals surface area contributed by atoms with Gasteiger partial charge in [0.25, 0.3) is 0 Å². The Labute approximate surface area is 96.2 Å². The predicted octanol–water partition coefficient (Wildman–Crippen LogP) is 0.522. The van der Waals surface area contributed by atoms with Crippen LogP contribution in [0.15, 0.2) is 6.20 Å². The van der Waals surface area contributed by atoms with Gasteiger partial charge < -0.3 is 19.9 Å². The van der Waals surface area contributed by atoms with E-state index in [-0.39, 0.29) is 6.10 Å². The highest BCUT2D eigenvalue weighted by atomic mass is 16.5. The van der Waals surface area contributed by atoms with Crippen molar-refractivity contribution < 1.29 is 4.74 Å². The standard InChI is InChI=1S/C11H20N4O/c1-3-12-6-9-7-13-11(14-9)10-8-15(2)4-5-16-10/h7,10,12H,3-6,8H2,1-2H3,(H,13,14). The number of H-pyrrole nitrogens is 1. The third-order valence-electron chi connectivity index (χ3n) is 2.79. The Bertz CT molecular complexity index is 326. The number of hydrogen-bond donors (Lipinski definition) is 2. The SMILES string of the molecule is CCNCc1cnc(C2CN(C)CCO2)[nH]1. The summed E-state index contributed by atoms with van der Waals surface area (Å²) in [5.41, 5.74) is 1.12. The van der Waals surface area contributed by atoms with Crippen LogP contribution in [-0.2, 0) is 11.3 Å². The van der Waals surface area contributed by atoms with Gasteiger partial charge in [0.1, 0.15) is 11.9 Å². The first-order valence-electron chi connectivity index (χ1n) is 5.84. The van der Waals surface area contributed by atoms with E-state index in [1.54, 1.807) is 0 Å². The van der Waals surface area contributed by atoms with Crippen LogP contribution in [0, 0.1) is 0 Å². The normalized spacial score (nSPS) is 22.5. The van der Waals surface area contributed by atoms with E-state index in [4.69, 9.17) is 4.74 Å². The molecular formula is C11H20N4O. The molecule has 5 heteroatoms. The summed E-state index contributed by atoms with van der Waals surface area (Å²) in [6.07, 6.45) is 1.98.